The summed E-state index contributed by atoms with van der Waals surface area (Å²) in [5.41, 5.74) is 5.72. The summed E-state index contributed by atoms with van der Waals surface area (Å²) in [5.74, 6) is 0.900. The van der Waals surface area contributed by atoms with Crippen LogP contribution in [0.1, 0.15) is 26.2 Å². The van der Waals surface area contributed by atoms with Crippen LogP contribution in [0, 0.1) is 5.41 Å². The van der Waals surface area contributed by atoms with Gasteiger partial charge in [-0.1, -0.05) is 6.92 Å². The van der Waals surface area contributed by atoms with Crippen LogP contribution in [0.15, 0.2) is 23.1 Å². The molecule has 28 heavy (non-hydrogen) atoms. The van der Waals surface area contributed by atoms with Crippen molar-refractivity contribution in [2.75, 3.05) is 39.4 Å². The van der Waals surface area contributed by atoms with Crippen LogP contribution in [0.3, 0.4) is 0 Å². The fourth-order valence-corrected chi connectivity index (χ4v) is 4.29. The molecule has 0 aromatic heterocycles. The van der Waals surface area contributed by atoms with Gasteiger partial charge < -0.3 is 20.1 Å². The van der Waals surface area contributed by atoms with Crippen molar-refractivity contribution in [1.82, 2.24) is 9.62 Å². The van der Waals surface area contributed by atoms with Crippen molar-refractivity contribution in [3.05, 3.63) is 18.2 Å². The van der Waals surface area contributed by atoms with Gasteiger partial charge in [0.25, 0.3) is 0 Å². The fraction of sp³-hybridized carbons (Fsp3) is 0.611. The maximum atomic E-state index is 12.5. The van der Waals surface area contributed by atoms with Gasteiger partial charge in [0.05, 0.1) is 18.1 Å². The zero-order chi connectivity index (χ0) is 19.5. The van der Waals surface area contributed by atoms with Crippen molar-refractivity contribution < 1.29 is 22.7 Å². The zero-order valence-corrected chi connectivity index (χ0v) is 17.6. The van der Waals surface area contributed by atoms with Crippen LogP contribution in [0.2, 0.25) is 0 Å². The number of nitrogens with one attached hydrogen (secondary N) is 1. The van der Waals surface area contributed by atoms with Gasteiger partial charge in [-0.2, -0.15) is 0 Å². The third-order valence-electron chi connectivity index (χ3n) is 5.06. The number of carbonyl (C=O) groups is 1. The van der Waals surface area contributed by atoms with Crippen LogP contribution in [0.25, 0.3) is 0 Å². The lowest BCUT2D eigenvalue weighted by Gasteiger charge is -2.22. The highest BCUT2D eigenvalue weighted by Crippen LogP contribution is 2.32. The molecule has 1 aromatic carbocycles. The van der Waals surface area contributed by atoms with E-state index < -0.39 is 10.0 Å². The number of likely N-dealkylation sites (tertiary alicyclic amines) is 1. The summed E-state index contributed by atoms with van der Waals surface area (Å²) < 4.78 is 38.6. The van der Waals surface area contributed by atoms with E-state index in [1.807, 2.05) is 0 Å². The summed E-state index contributed by atoms with van der Waals surface area (Å²) in [6, 6.07) is 4.53. The molecule has 0 bridgehead atoms. The van der Waals surface area contributed by atoms with Crippen molar-refractivity contribution in [1.29, 1.82) is 0 Å². The fourth-order valence-electron chi connectivity index (χ4n) is 3.25. The number of halogens is 1. The molecule has 1 amide bonds. The normalized spacial score (nSPS) is 21.7. The second kappa shape index (κ2) is 9.30. The molecule has 3 N–H and O–H groups in total. The first-order valence-corrected chi connectivity index (χ1v) is 10.7. The van der Waals surface area contributed by atoms with E-state index in [1.54, 1.807) is 11.0 Å². The van der Waals surface area contributed by atoms with E-state index in [0.717, 1.165) is 12.8 Å². The summed E-state index contributed by atoms with van der Waals surface area (Å²) >= 11 is 0. The number of fused-ring (bicyclic) bond motifs is 1. The number of sulfonamides is 1. The van der Waals surface area contributed by atoms with E-state index in [4.69, 9.17) is 15.2 Å². The topological polar surface area (TPSA) is 111 Å². The van der Waals surface area contributed by atoms with Crippen LogP contribution in [-0.2, 0) is 14.8 Å². The van der Waals surface area contributed by atoms with Gasteiger partial charge in [0.15, 0.2) is 11.5 Å². The Labute approximate surface area is 172 Å². The molecule has 0 saturated carbocycles. The maximum Gasteiger partial charge on any atom is 0.240 e. The van der Waals surface area contributed by atoms with Crippen LogP contribution >= 0.6 is 12.4 Å². The molecular formula is C18H28ClN3O5S. The number of carbonyl (C=O) groups excluding carboxylic acids is 1. The summed E-state index contributed by atoms with van der Waals surface area (Å²) in [6.45, 7) is 4.96. The molecule has 1 fully saturated rings. The predicted octanol–water partition coefficient (Wildman–Crippen LogP) is 1.14. The number of hydrogen-bond donors (Lipinski definition) is 2. The second-order valence-electron chi connectivity index (χ2n) is 7.39. The molecule has 10 heteroatoms. The van der Waals surface area contributed by atoms with Crippen LogP contribution < -0.4 is 19.9 Å². The Hall–Kier alpha value is -1.55. The monoisotopic (exact) mass is 433 g/mol. The number of rotatable bonds is 6. The number of hydrogen-bond acceptors (Lipinski definition) is 6. The molecule has 0 radical (unpaired) electrons. The Bertz CT molecular complexity index is 804. The van der Waals surface area contributed by atoms with E-state index in [2.05, 4.69) is 11.6 Å². The van der Waals surface area contributed by atoms with Crippen LogP contribution in [-0.4, -0.2) is 58.6 Å². The van der Waals surface area contributed by atoms with E-state index in [-0.39, 0.29) is 41.6 Å². The SMILES string of the molecule is CC1(CN)CCN(C(=O)CCNS(=O)(=O)c2ccc3c(c2)OCCCO3)C1.Cl. The Kier molecular flexibility index (Phi) is 7.55. The quantitative estimate of drug-likeness (QED) is 0.695. The Morgan fingerprint density at radius 1 is 1.29 bits per heavy atom. The zero-order valence-electron chi connectivity index (χ0n) is 16.0. The van der Waals surface area contributed by atoms with Crippen LogP contribution in [0.5, 0.6) is 11.5 Å². The van der Waals surface area contributed by atoms with E-state index in [9.17, 15) is 13.2 Å². The van der Waals surface area contributed by atoms with Gasteiger partial charge >= 0.3 is 0 Å². The number of ether oxygens (including phenoxy) is 2. The van der Waals surface area contributed by atoms with Gasteiger partial charge in [0.2, 0.25) is 15.9 Å². The average Bonchev–Trinajstić information content (AvgIpc) is 2.89. The minimum absolute atomic E-state index is 0. The van der Waals surface area contributed by atoms with E-state index in [0.29, 0.717) is 44.3 Å². The van der Waals surface area contributed by atoms with Gasteiger partial charge in [0.1, 0.15) is 0 Å². The minimum Gasteiger partial charge on any atom is -0.490 e. The number of benzene rings is 1. The molecule has 2 heterocycles. The highest BCUT2D eigenvalue weighted by molar-refractivity contribution is 7.89. The van der Waals surface area contributed by atoms with Gasteiger partial charge in [-0.15, -0.1) is 12.4 Å². The molecule has 0 spiro atoms. The van der Waals surface area contributed by atoms with E-state index in [1.165, 1.54) is 12.1 Å². The largest absolute Gasteiger partial charge is 0.490 e. The highest BCUT2D eigenvalue weighted by Gasteiger charge is 2.34. The highest BCUT2D eigenvalue weighted by atomic mass is 35.5. The second-order valence-corrected chi connectivity index (χ2v) is 9.15. The van der Waals surface area contributed by atoms with Crippen molar-refractivity contribution in [3.63, 3.8) is 0 Å². The third-order valence-corrected chi connectivity index (χ3v) is 6.52. The molecule has 2 aliphatic heterocycles. The molecule has 0 aliphatic carbocycles. The van der Waals surface area contributed by atoms with Crippen molar-refractivity contribution in [2.24, 2.45) is 11.1 Å². The molecule has 158 valence electrons. The predicted molar refractivity (Wildman–Crippen MR) is 107 cm³/mol. The molecule has 1 aromatic rings. The standard InChI is InChI=1S/C18H27N3O5S.ClH/c1-18(12-19)6-8-21(13-18)17(22)5-7-20-27(23,24)14-3-4-15-16(11-14)26-10-2-9-25-15;/h3-4,11,20H,2,5-10,12-13,19H2,1H3;1H. The van der Waals surface area contributed by atoms with Crippen molar-refractivity contribution in [3.8, 4) is 11.5 Å². The molecule has 8 nitrogen and oxygen atoms in total. The summed E-state index contributed by atoms with van der Waals surface area (Å²) in [6.07, 6.45) is 1.74. The lowest BCUT2D eigenvalue weighted by Crippen LogP contribution is -2.36. The molecule has 1 atom stereocenters. The van der Waals surface area contributed by atoms with Gasteiger partial charge in [-0.05, 0) is 30.5 Å². The third kappa shape index (κ3) is 5.28. The summed E-state index contributed by atoms with van der Waals surface area (Å²) in [4.78, 5) is 14.2. The smallest absolute Gasteiger partial charge is 0.240 e. The molecule has 3 rings (SSSR count). The molecule has 1 unspecified atom stereocenters. The number of amides is 1. The maximum absolute atomic E-state index is 12.5. The Morgan fingerprint density at radius 2 is 2.00 bits per heavy atom. The Balaban J connectivity index is 0.00000280. The summed E-state index contributed by atoms with van der Waals surface area (Å²) in [5, 5.41) is 0. The first kappa shape index (κ1) is 22.7. The molecule has 2 aliphatic rings. The first-order chi connectivity index (χ1) is 12.8. The molecule has 1 saturated heterocycles. The van der Waals surface area contributed by atoms with Crippen molar-refractivity contribution in [2.45, 2.75) is 31.1 Å². The first-order valence-electron chi connectivity index (χ1n) is 9.20. The van der Waals surface area contributed by atoms with Gasteiger partial charge in [0, 0.05) is 38.5 Å². The Morgan fingerprint density at radius 3 is 2.68 bits per heavy atom. The van der Waals surface area contributed by atoms with Crippen molar-refractivity contribution >= 4 is 28.3 Å². The van der Waals surface area contributed by atoms with E-state index >= 15 is 0 Å². The molecular weight excluding hydrogens is 406 g/mol. The lowest BCUT2D eigenvalue weighted by molar-refractivity contribution is -0.130. The number of nitrogens with two attached hydrogens (primary N) is 1. The average molecular weight is 434 g/mol. The summed E-state index contributed by atoms with van der Waals surface area (Å²) in [7, 11) is -3.73. The lowest BCUT2D eigenvalue weighted by atomic mass is 9.90. The van der Waals surface area contributed by atoms with Gasteiger partial charge in [-0.25, -0.2) is 13.1 Å². The van der Waals surface area contributed by atoms with Gasteiger partial charge in [-0.3, -0.25) is 4.79 Å². The minimum atomic E-state index is -3.73. The van der Waals surface area contributed by atoms with Crippen LogP contribution in [0.4, 0.5) is 0 Å². The number of nitrogens with zero attached hydrogens (tertiary/aromatic N) is 1.